The molecule has 0 unspecified atom stereocenters. The average molecular weight is 348 g/mol. The Balaban J connectivity index is 1.58. The lowest BCUT2D eigenvalue weighted by Gasteiger charge is -2.05. The molecule has 0 atom stereocenters. The molecule has 0 saturated heterocycles. The predicted molar refractivity (Wildman–Crippen MR) is 93.4 cm³/mol. The van der Waals surface area contributed by atoms with Crippen molar-refractivity contribution in [3.8, 4) is 11.5 Å². The van der Waals surface area contributed by atoms with Crippen LogP contribution >= 0.6 is 0 Å². The SMILES string of the molecule is Cc1ccc(C(=O)NCc2nnc3c(-c4nc(C)no4)cccn23)cc1. The van der Waals surface area contributed by atoms with Gasteiger partial charge in [-0.15, -0.1) is 10.2 Å². The van der Waals surface area contributed by atoms with Crippen molar-refractivity contribution in [2.75, 3.05) is 0 Å². The minimum absolute atomic E-state index is 0.162. The van der Waals surface area contributed by atoms with Gasteiger partial charge in [-0.2, -0.15) is 4.98 Å². The molecule has 26 heavy (non-hydrogen) atoms. The van der Waals surface area contributed by atoms with Gasteiger partial charge >= 0.3 is 0 Å². The van der Waals surface area contributed by atoms with E-state index >= 15 is 0 Å². The Hall–Kier alpha value is -3.55. The summed E-state index contributed by atoms with van der Waals surface area (Å²) in [7, 11) is 0. The molecular weight excluding hydrogens is 332 g/mol. The molecule has 0 spiro atoms. The van der Waals surface area contributed by atoms with Crippen LogP contribution < -0.4 is 5.32 Å². The number of carbonyl (C=O) groups excluding carboxylic acids is 1. The third kappa shape index (κ3) is 2.92. The Morgan fingerprint density at radius 1 is 1.15 bits per heavy atom. The van der Waals surface area contributed by atoms with Crippen LogP contribution in [0.4, 0.5) is 0 Å². The summed E-state index contributed by atoms with van der Waals surface area (Å²) in [6, 6.07) is 11.1. The van der Waals surface area contributed by atoms with Gasteiger partial charge in [-0.3, -0.25) is 9.20 Å². The molecular formula is C18H16N6O2. The summed E-state index contributed by atoms with van der Waals surface area (Å²) in [6.07, 6.45) is 1.83. The Kier molecular flexibility index (Phi) is 3.92. The highest BCUT2D eigenvalue weighted by Gasteiger charge is 2.15. The molecule has 1 aromatic carbocycles. The first kappa shape index (κ1) is 15.9. The van der Waals surface area contributed by atoms with Crippen LogP contribution in [-0.4, -0.2) is 30.6 Å². The number of rotatable bonds is 4. The van der Waals surface area contributed by atoms with Gasteiger partial charge in [0, 0.05) is 11.8 Å². The van der Waals surface area contributed by atoms with Crippen molar-refractivity contribution in [2.45, 2.75) is 20.4 Å². The van der Waals surface area contributed by atoms with Crippen molar-refractivity contribution < 1.29 is 9.32 Å². The number of carbonyl (C=O) groups is 1. The monoisotopic (exact) mass is 348 g/mol. The highest BCUT2D eigenvalue weighted by atomic mass is 16.5. The topological polar surface area (TPSA) is 98.2 Å². The molecule has 0 radical (unpaired) electrons. The number of fused-ring (bicyclic) bond motifs is 1. The molecule has 1 N–H and O–H groups in total. The van der Waals surface area contributed by atoms with E-state index in [-0.39, 0.29) is 12.5 Å². The van der Waals surface area contributed by atoms with Crippen LogP contribution in [0.5, 0.6) is 0 Å². The van der Waals surface area contributed by atoms with E-state index in [0.29, 0.717) is 34.3 Å². The second-order valence-corrected chi connectivity index (χ2v) is 5.93. The van der Waals surface area contributed by atoms with Crippen molar-refractivity contribution >= 4 is 11.6 Å². The summed E-state index contributed by atoms with van der Waals surface area (Å²) < 4.78 is 7.02. The maximum atomic E-state index is 12.3. The molecule has 0 aliphatic rings. The van der Waals surface area contributed by atoms with E-state index in [1.54, 1.807) is 23.5 Å². The fraction of sp³-hybridized carbons (Fsp3) is 0.167. The highest BCUT2D eigenvalue weighted by molar-refractivity contribution is 5.94. The quantitative estimate of drug-likeness (QED) is 0.608. The predicted octanol–water partition coefficient (Wildman–Crippen LogP) is 2.33. The van der Waals surface area contributed by atoms with Crippen molar-refractivity contribution in [3.05, 3.63) is 65.4 Å². The van der Waals surface area contributed by atoms with Gasteiger partial charge in [0.1, 0.15) is 0 Å². The van der Waals surface area contributed by atoms with E-state index in [1.807, 2.05) is 37.4 Å². The summed E-state index contributed by atoms with van der Waals surface area (Å²) in [5, 5.41) is 15.0. The molecule has 8 heteroatoms. The lowest BCUT2D eigenvalue weighted by atomic mass is 10.1. The summed E-state index contributed by atoms with van der Waals surface area (Å²) >= 11 is 0. The normalized spacial score (nSPS) is 11.0. The fourth-order valence-corrected chi connectivity index (χ4v) is 2.62. The molecule has 0 aliphatic carbocycles. The Bertz CT molecular complexity index is 1080. The van der Waals surface area contributed by atoms with Crippen molar-refractivity contribution in [3.63, 3.8) is 0 Å². The van der Waals surface area contributed by atoms with Gasteiger partial charge in [-0.1, -0.05) is 22.9 Å². The molecule has 1 amide bonds. The smallest absolute Gasteiger partial charge is 0.261 e. The molecule has 0 bridgehead atoms. The van der Waals surface area contributed by atoms with Gasteiger partial charge in [0.2, 0.25) is 0 Å². The number of hydrogen-bond acceptors (Lipinski definition) is 6. The zero-order chi connectivity index (χ0) is 18.1. The second kappa shape index (κ2) is 6.40. The lowest BCUT2D eigenvalue weighted by molar-refractivity contribution is 0.0950. The van der Waals surface area contributed by atoms with E-state index < -0.39 is 0 Å². The number of nitrogens with one attached hydrogen (secondary N) is 1. The minimum Gasteiger partial charge on any atom is -0.345 e. The first-order valence-corrected chi connectivity index (χ1v) is 8.10. The second-order valence-electron chi connectivity index (χ2n) is 5.93. The maximum absolute atomic E-state index is 12.3. The van der Waals surface area contributed by atoms with Gasteiger partial charge in [0.25, 0.3) is 11.8 Å². The number of benzene rings is 1. The van der Waals surface area contributed by atoms with Crippen LogP contribution in [-0.2, 0) is 6.54 Å². The van der Waals surface area contributed by atoms with E-state index in [1.165, 1.54) is 0 Å². The highest BCUT2D eigenvalue weighted by Crippen LogP contribution is 2.22. The molecule has 0 aliphatic heterocycles. The fourth-order valence-electron chi connectivity index (χ4n) is 2.62. The van der Waals surface area contributed by atoms with Crippen LogP contribution in [0, 0.1) is 13.8 Å². The van der Waals surface area contributed by atoms with Crippen molar-refractivity contribution in [2.24, 2.45) is 0 Å². The van der Waals surface area contributed by atoms with Crippen LogP contribution in [0.1, 0.15) is 27.6 Å². The van der Waals surface area contributed by atoms with Crippen LogP contribution in [0.25, 0.3) is 17.1 Å². The van der Waals surface area contributed by atoms with Gasteiger partial charge in [0.15, 0.2) is 17.3 Å². The Labute approximate surface area is 148 Å². The number of aryl methyl sites for hydroxylation is 2. The Morgan fingerprint density at radius 3 is 2.69 bits per heavy atom. The molecule has 130 valence electrons. The summed E-state index contributed by atoms with van der Waals surface area (Å²) in [5.74, 6) is 1.38. The zero-order valence-corrected chi connectivity index (χ0v) is 14.3. The lowest BCUT2D eigenvalue weighted by Crippen LogP contribution is -2.23. The largest absolute Gasteiger partial charge is 0.345 e. The standard InChI is InChI=1S/C18H16N6O2/c1-11-5-7-13(8-6-11)17(25)19-10-15-21-22-16-14(4-3-9-24(15)16)18-20-12(2)23-26-18/h3-9H,10H2,1-2H3,(H,19,25). The minimum atomic E-state index is -0.162. The molecule has 3 aromatic heterocycles. The average Bonchev–Trinajstić information content (AvgIpc) is 3.26. The number of aromatic nitrogens is 5. The van der Waals surface area contributed by atoms with E-state index in [9.17, 15) is 4.79 Å². The van der Waals surface area contributed by atoms with Crippen molar-refractivity contribution in [1.82, 2.24) is 30.1 Å². The summed E-state index contributed by atoms with van der Waals surface area (Å²) in [5.41, 5.74) is 2.99. The number of nitrogens with zero attached hydrogens (tertiary/aromatic N) is 5. The maximum Gasteiger partial charge on any atom is 0.261 e. The van der Waals surface area contributed by atoms with Crippen molar-refractivity contribution in [1.29, 1.82) is 0 Å². The van der Waals surface area contributed by atoms with Crippen LogP contribution in [0.2, 0.25) is 0 Å². The van der Waals surface area contributed by atoms with E-state index in [2.05, 4.69) is 25.7 Å². The zero-order valence-electron chi connectivity index (χ0n) is 14.3. The Morgan fingerprint density at radius 2 is 1.96 bits per heavy atom. The molecule has 3 heterocycles. The number of hydrogen-bond donors (Lipinski definition) is 1. The first-order chi connectivity index (χ1) is 12.6. The molecule has 8 nitrogen and oxygen atoms in total. The van der Waals surface area contributed by atoms with Gasteiger partial charge in [0.05, 0.1) is 12.1 Å². The molecule has 0 saturated carbocycles. The van der Waals surface area contributed by atoms with Crippen LogP contribution in [0.3, 0.4) is 0 Å². The van der Waals surface area contributed by atoms with Gasteiger partial charge < -0.3 is 9.84 Å². The third-order valence-electron chi connectivity index (χ3n) is 3.98. The molecule has 4 rings (SSSR count). The molecule has 0 fully saturated rings. The first-order valence-electron chi connectivity index (χ1n) is 8.10. The molecule has 4 aromatic rings. The van der Waals surface area contributed by atoms with Gasteiger partial charge in [-0.05, 0) is 38.1 Å². The van der Waals surface area contributed by atoms with E-state index in [0.717, 1.165) is 5.56 Å². The number of pyridine rings is 1. The van der Waals surface area contributed by atoms with E-state index in [4.69, 9.17) is 4.52 Å². The third-order valence-corrected chi connectivity index (χ3v) is 3.98. The number of amides is 1. The summed E-state index contributed by atoms with van der Waals surface area (Å²) in [4.78, 5) is 16.5. The van der Waals surface area contributed by atoms with Gasteiger partial charge in [-0.25, -0.2) is 0 Å². The van der Waals surface area contributed by atoms with Crippen LogP contribution in [0.15, 0.2) is 47.1 Å². The summed E-state index contributed by atoms with van der Waals surface area (Å²) in [6.45, 7) is 3.98.